The third-order valence-electron chi connectivity index (χ3n) is 3.05. The van der Waals surface area contributed by atoms with Crippen LogP contribution in [0, 0.1) is 17.0 Å². The van der Waals surface area contributed by atoms with Gasteiger partial charge in [0.15, 0.2) is 0 Å². The molecule has 0 atom stereocenters. The lowest BCUT2D eigenvalue weighted by molar-refractivity contribution is -0.383. The Kier molecular flexibility index (Phi) is 2.52. The molecule has 7 heteroatoms. The lowest BCUT2D eigenvalue weighted by atomic mass is 10.2. The summed E-state index contributed by atoms with van der Waals surface area (Å²) >= 11 is 0. The molecular formula is C12H10N4O3. The highest BCUT2D eigenvalue weighted by molar-refractivity contribution is 5.89. The molecule has 0 aliphatic rings. The summed E-state index contributed by atoms with van der Waals surface area (Å²) in [4.78, 5) is 10.6. The van der Waals surface area contributed by atoms with Crippen molar-refractivity contribution in [2.45, 2.75) is 13.5 Å². The van der Waals surface area contributed by atoms with Crippen LogP contribution in [0.2, 0.25) is 0 Å². The van der Waals surface area contributed by atoms with E-state index in [1.165, 1.54) is 6.07 Å². The molecule has 0 aliphatic heterocycles. The van der Waals surface area contributed by atoms with E-state index in [-0.39, 0.29) is 10.6 Å². The van der Waals surface area contributed by atoms with Gasteiger partial charge < -0.3 is 4.57 Å². The first-order valence-corrected chi connectivity index (χ1v) is 5.67. The number of fused-ring (bicyclic) bond motifs is 1. The number of nitro benzene ring substituents is 1. The molecule has 0 radical (unpaired) electrons. The van der Waals surface area contributed by atoms with Gasteiger partial charge in [-0.2, -0.15) is 0 Å². The number of hydrogen-bond donors (Lipinski definition) is 0. The van der Waals surface area contributed by atoms with Crippen LogP contribution in [-0.2, 0) is 6.54 Å². The van der Waals surface area contributed by atoms with Crippen LogP contribution in [0.1, 0.15) is 11.4 Å². The summed E-state index contributed by atoms with van der Waals surface area (Å²) in [6.07, 6.45) is 1.80. The number of rotatable bonds is 3. The fourth-order valence-corrected chi connectivity index (χ4v) is 2.06. The van der Waals surface area contributed by atoms with Crippen LogP contribution in [0.25, 0.3) is 10.9 Å². The fraction of sp³-hybridized carbons (Fsp3) is 0.167. The Balaban J connectivity index is 2.09. The molecule has 0 spiro atoms. The number of non-ortho nitro benzene ring substituents is 1. The molecule has 2 heterocycles. The molecule has 0 fully saturated rings. The Bertz CT molecular complexity index is 759. The minimum atomic E-state index is -0.379. The minimum Gasteiger partial charge on any atom is -0.341 e. The number of aromatic nitrogens is 3. The Labute approximate surface area is 107 Å². The van der Waals surface area contributed by atoms with Crippen molar-refractivity contribution in [2.75, 3.05) is 0 Å². The maximum atomic E-state index is 11.0. The first-order valence-electron chi connectivity index (χ1n) is 5.67. The third-order valence-corrected chi connectivity index (χ3v) is 3.05. The Morgan fingerprint density at radius 1 is 1.37 bits per heavy atom. The van der Waals surface area contributed by atoms with E-state index >= 15 is 0 Å². The van der Waals surface area contributed by atoms with Crippen molar-refractivity contribution < 1.29 is 9.55 Å². The topological polar surface area (TPSA) is 87.0 Å². The lowest BCUT2D eigenvalue weighted by Crippen LogP contribution is -2.00. The predicted molar refractivity (Wildman–Crippen MR) is 66.7 cm³/mol. The molecule has 2 aromatic heterocycles. The minimum absolute atomic E-state index is 0.103. The zero-order valence-electron chi connectivity index (χ0n) is 10.1. The van der Waals surface area contributed by atoms with Crippen molar-refractivity contribution in [1.29, 1.82) is 0 Å². The molecule has 3 aromatic rings. The average Bonchev–Trinajstić information content (AvgIpc) is 2.97. The zero-order valence-corrected chi connectivity index (χ0v) is 10.1. The fourth-order valence-electron chi connectivity index (χ4n) is 2.06. The van der Waals surface area contributed by atoms with Gasteiger partial charge in [-0.05, 0) is 19.1 Å². The Morgan fingerprint density at radius 3 is 2.89 bits per heavy atom. The van der Waals surface area contributed by atoms with E-state index in [9.17, 15) is 10.1 Å². The molecule has 0 unspecified atom stereocenters. The van der Waals surface area contributed by atoms with E-state index in [1.807, 2.05) is 10.6 Å². The molecule has 1 aromatic carbocycles. The number of benzene rings is 1. The lowest BCUT2D eigenvalue weighted by Gasteiger charge is -2.02. The molecule has 3 rings (SSSR count). The second kappa shape index (κ2) is 4.20. The van der Waals surface area contributed by atoms with E-state index in [0.717, 1.165) is 5.52 Å². The normalized spacial score (nSPS) is 11.0. The molecular weight excluding hydrogens is 248 g/mol. The molecule has 0 saturated carbocycles. The summed E-state index contributed by atoms with van der Waals surface area (Å²) in [7, 11) is 0. The number of nitro groups is 1. The largest absolute Gasteiger partial charge is 0.341 e. The van der Waals surface area contributed by atoms with Crippen LogP contribution in [0.3, 0.4) is 0 Å². The van der Waals surface area contributed by atoms with E-state index in [1.54, 1.807) is 25.3 Å². The second-order valence-electron chi connectivity index (χ2n) is 4.21. The van der Waals surface area contributed by atoms with Crippen molar-refractivity contribution in [3.8, 4) is 0 Å². The van der Waals surface area contributed by atoms with E-state index in [4.69, 9.17) is 0 Å². The molecule has 0 amide bonds. The maximum Gasteiger partial charge on any atom is 0.278 e. The van der Waals surface area contributed by atoms with Gasteiger partial charge in [-0.3, -0.25) is 10.1 Å². The summed E-state index contributed by atoms with van der Waals surface area (Å²) in [5.41, 5.74) is 2.32. The molecule has 0 aliphatic carbocycles. The Morgan fingerprint density at radius 2 is 2.21 bits per heavy atom. The maximum absolute atomic E-state index is 11.0. The Hall–Kier alpha value is -2.70. The average molecular weight is 258 g/mol. The van der Waals surface area contributed by atoms with Gasteiger partial charge in [0, 0.05) is 12.3 Å². The smallest absolute Gasteiger partial charge is 0.278 e. The molecule has 19 heavy (non-hydrogen) atoms. The van der Waals surface area contributed by atoms with Crippen LogP contribution in [0.4, 0.5) is 5.69 Å². The van der Waals surface area contributed by atoms with Crippen molar-refractivity contribution >= 4 is 16.6 Å². The van der Waals surface area contributed by atoms with Crippen molar-refractivity contribution in [2.24, 2.45) is 0 Å². The summed E-state index contributed by atoms with van der Waals surface area (Å²) < 4.78 is 6.53. The predicted octanol–water partition coefficient (Wildman–Crippen LogP) is 2.29. The van der Waals surface area contributed by atoms with Gasteiger partial charge in [0.2, 0.25) is 0 Å². The van der Waals surface area contributed by atoms with Gasteiger partial charge in [0.1, 0.15) is 11.4 Å². The van der Waals surface area contributed by atoms with Gasteiger partial charge in [-0.25, -0.2) is 4.63 Å². The van der Waals surface area contributed by atoms with E-state index in [0.29, 0.717) is 23.3 Å². The van der Waals surface area contributed by atoms with Gasteiger partial charge >= 0.3 is 0 Å². The highest BCUT2D eigenvalue weighted by Gasteiger charge is 2.15. The SMILES string of the molecule is Cc1nonc1Cn1ccc2c([N+](=O)[O-])cccc21. The summed E-state index contributed by atoms with van der Waals surface area (Å²) in [6.45, 7) is 2.28. The van der Waals surface area contributed by atoms with Crippen LogP contribution in [0.15, 0.2) is 35.1 Å². The molecule has 0 N–H and O–H groups in total. The molecule has 0 saturated heterocycles. The second-order valence-corrected chi connectivity index (χ2v) is 4.21. The van der Waals surface area contributed by atoms with Crippen LogP contribution in [-0.4, -0.2) is 19.8 Å². The van der Waals surface area contributed by atoms with Gasteiger partial charge in [-0.15, -0.1) is 0 Å². The van der Waals surface area contributed by atoms with Gasteiger partial charge in [0.05, 0.1) is 22.4 Å². The van der Waals surface area contributed by atoms with Gasteiger partial charge in [-0.1, -0.05) is 16.4 Å². The van der Waals surface area contributed by atoms with Crippen LogP contribution < -0.4 is 0 Å². The first kappa shape index (κ1) is 11.4. The van der Waals surface area contributed by atoms with Gasteiger partial charge in [0.25, 0.3) is 5.69 Å². The van der Waals surface area contributed by atoms with Crippen LogP contribution in [0.5, 0.6) is 0 Å². The number of nitrogens with zero attached hydrogens (tertiary/aromatic N) is 4. The first-order chi connectivity index (χ1) is 9.16. The van der Waals surface area contributed by atoms with Crippen LogP contribution >= 0.6 is 0 Å². The monoisotopic (exact) mass is 258 g/mol. The number of aryl methyl sites for hydroxylation is 1. The summed E-state index contributed by atoms with van der Waals surface area (Å²) in [5.74, 6) is 0. The molecule has 0 bridgehead atoms. The molecule has 7 nitrogen and oxygen atoms in total. The summed E-state index contributed by atoms with van der Waals surface area (Å²) in [6, 6.07) is 6.74. The van der Waals surface area contributed by atoms with Crippen molar-refractivity contribution in [3.05, 3.63) is 52.0 Å². The highest BCUT2D eigenvalue weighted by atomic mass is 16.6. The van der Waals surface area contributed by atoms with Crippen molar-refractivity contribution in [1.82, 2.24) is 14.9 Å². The summed E-state index contributed by atoms with van der Waals surface area (Å²) in [5, 5.41) is 19.1. The van der Waals surface area contributed by atoms with E-state index in [2.05, 4.69) is 14.9 Å². The zero-order chi connectivity index (χ0) is 13.4. The quantitative estimate of drug-likeness (QED) is 0.531. The van der Waals surface area contributed by atoms with Crippen molar-refractivity contribution in [3.63, 3.8) is 0 Å². The van der Waals surface area contributed by atoms with E-state index < -0.39 is 0 Å². The standard InChI is InChI=1S/C12H10N4O3/c1-8-10(14-19-13-8)7-15-6-5-9-11(15)3-2-4-12(9)16(17)18/h2-6H,7H2,1H3. The number of hydrogen-bond acceptors (Lipinski definition) is 5. The molecule has 96 valence electrons. The third kappa shape index (κ3) is 1.85. The highest BCUT2D eigenvalue weighted by Crippen LogP contribution is 2.26.